The van der Waals surface area contributed by atoms with Crippen LogP contribution in [0.15, 0.2) is 110 Å². The van der Waals surface area contributed by atoms with E-state index in [4.69, 9.17) is 0 Å². The topological polar surface area (TPSA) is 54.8 Å². The monoisotopic (exact) mass is 529 g/mol. The summed E-state index contributed by atoms with van der Waals surface area (Å²) in [4.78, 5) is 20.5. The van der Waals surface area contributed by atoms with Crippen molar-refractivity contribution in [3.8, 4) is 0 Å². The molecule has 0 amide bonds. The van der Waals surface area contributed by atoms with Crippen LogP contribution in [0.5, 0.6) is 0 Å². The van der Waals surface area contributed by atoms with Gasteiger partial charge in [-0.05, 0) is 80.4 Å². The van der Waals surface area contributed by atoms with E-state index in [2.05, 4.69) is 118 Å². The minimum atomic E-state index is 0.0371. The van der Waals surface area contributed by atoms with Crippen LogP contribution in [-0.4, -0.2) is 19.9 Å². The fourth-order valence-electron chi connectivity index (χ4n) is 6.24. The normalized spacial score (nSPS) is 12.3. The quantitative estimate of drug-likeness (QED) is 0.214. The number of nitrogens with zero attached hydrogens (tertiary/aromatic N) is 5. The summed E-state index contributed by atoms with van der Waals surface area (Å²) in [5.41, 5.74) is 7.94. The third-order valence-corrected chi connectivity index (χ3v) is 8.11. The van der Waals surface area contributed by atoms with Gasteiger partial charge in [-0.15, -0.1) is 0 Å². The summed E-state index contributed by atoms with van der Waals surface area (Å²) in [6, 6.07) is 30.7. The molecule has 8 aromatic rings. The zero-order valence-electron chi connectivity index (χ0n) is 23.1. The van der Waals surface area contributed by atoms with Gasteiger partial charge in [-0.1, -0.05) is 63.2 Å². The first-order chi connectivity index (χ1) is 20.0. The van der Waals surface area contributed by atoms with Gasteiger partial charge in [0.1, 0.15) is 0 Å². The number of hydrogen-bond acceptors (Lipinski definition) is 5. The van der Waals surface area contributed by atoms with Crippen molar-refractivity contribution in [2.75, 3.05) is 4.90 Å². The van der Waals surface area contributed by atoms with Gasteiger partial charge in [0.15, 0.2) is 0 Å². The second-order valence-electron chi connectivity index (χ2n) is 11.7. The molecule has 0 spiro atoms. The van der Waals surface area contributed by atoms with Gasteiger partial charge in [-0.3, -0.25) is 19.9 Å². The Hall–Kier alpha value is -5.16. The summed E-state index contributed by atoms with van der Waals surface area (Å²) < 4.78 is 0. The fourth-order valence-corrected chi connectivity index (χ4v) is 6.24. The molecule has 2 aromatic heterocycles. The standard InChI is InChI=1S/C36H27N5/c1-36(2,3)28-12-6-22-5-11-27-33(15-7-23-4-10-26(28)34(22)35(23)27)41(24-8-13-29-31(20-24)39-18-16-37-29)25-9-14-30-32(21-25)40-19-17-38-30/h4-21H,1-3H3. The molecule has 0 fully saturated rings. The van der Waals surface area contributed by atoms with Gasteiger partial charge in [-0.25, -0.2) is 0 Å². The number of anilines is 3. The molecule has 0 radical (unpaired) electrons. The average Bonchev–Trinajstić information content (AvgIpc) is 2.99. The predicted molar refractivity (Wildman–Crippen MR) is 170 cm³/mol. The first-order valence-electron chi connectivity index (χ1n) is 13.9. The van der Waals surface area contributed by atoms with E-state index < -0.39 is 0 Å². The smallest absolute Gasteiger partial charge is 0.0907 e. The number of aromatic nitrogens is 4. The van der Waals surface area contributed by atoms with E-state index >= 15 is 0 Å². The molecule has 0 aliphatic carbocycles. The maximum absolute atomic E-state index is 4.61. The first kappa shape index (κ1) is 23.7. The van der Waals surface area contributed by atoms with Gasteiger partial charge in [0, 0.05) is 41.5 Å². The number of hydrogen-bond donors (Lipinski definition) is 0. The molecule has 5 nitrogen and oxygen atoms in total. The van der Waals surface area contributed by atoms with E-state index in [1.54, 1.807) is 24.8 Å². The van der Waals surface area contributed by atoms with Crippen LogP contribution in [0.2, 0.25) is 0 Å². The Bertz CT molecular complexity index is 2190. The molecule has 0 unspecified atom stereocenters. The summed E-state index contributed by atoms with van der Waals surface area (Å²) >= 11 is 0. The molecule has 6 aromatic carbocycles. The van der Waals surface area contributed by atoms with Crippen LogP contribution in [-0.2, 0) is 5.41 Å². The zero-order valence-corrected chi connectivity index (χ0v) is 23.1. The van der Waals surface area contributed by atoms with Gasteiger partial charge in [0.2, 0.25) is 0 Å². The lowest BCUT2D eigenvalue weighted by Crippen LogP contribution is -2.12. The van der Waals surface area contributed by atoms with Gasteiger partial charge in [0.25, 0.3) is 0 Å². The highest BCUT2D eigenvalue weighted by Gasteiger charge is 2.22. The van der Waals surface area contributed by atoms with Crippen LogP contribution < -0.4 is 4.90 Å². The van der Waals surface area contributed by atoms with Crippen molar-refractivity contribution < 1.29 is 0 Å². The van der Waals surface area contributed by atoms with Crippen LogP contribution in [0.1, 0.15) is 26.3 Å². The minimum Gasteiger partial charge on any atom is -0.310 e. The predicted octanol–water partition coefficient (Wildman–Crippen LogP) is 9.24. The number of benzene rings is 6. The number of rotatable bonds is 3. The Morgan fingerprint density at radius 1 is 0.488 bits per heavy atom. The summed E-state index contributed by atoms with van der Waals surface area (Å²) in [6.07, 6.45) is 6.94. The molecule has 2 heterocycles. The van der Waals surface area contributed by atoms with Crippen molar-refractivity contribution in [1.82, 2.24) is 19.9 Å². The molecule has 0 atom stereocenters. The maximum atomic E-state index is 4.61. The van der Waals surface area contributed by atoms with E-state index in [1.165, 1.54) is 37.9 Å². The van der Waals surface area contributed by atoms with E-state index in [9.17, 15) is 0 Å². The highest BCUT2D eigenvalue weighted by molar-refractivity contribution is 6.26. The lowest BCUT2D eigenvalue weighted by Gasteiger charge is -2.28. The van der Waals surface area contributed by atoms with Crippen LogP contribution in [0.25, 0.3) is 54.4 Å². The van der Waals surface area contributed by atoms with Crippen molar-refractivity contribution >= 4 is 71.4 Å². The average molecular weight is 530 g/mol. The molecule has 0 saturated carbocycles. The summed E-state index contributed by atoms with van der Waals surface area (Å²) in [5, 5.41) is 7.63. The molecule has 196 valence electrons. The second kappa shape index (κ2) is 8.67. The summed E-state index contributed by atoms with van der Waals surface area (Å²) in [6.45, 7) is 6.87. The van der Waals surface area contributed by atoms with Gasteiger partial charge in [0.05, 0.1) is 27.8 Å². The Labute approximate surface area is 237 Å². The summed E-state index contributed by atoms with van der Waals surface area (Å²) in [7, 11) is 0. The minimum absolute atomic E-state index is 0.0371. The SMILES string of the molecule is CC(C)(C)c1ccc2ccc3c(N(c4ccc5nccnc5c4)c4ccc5nccnc5c4)ccc4ccc1c2c43. The second-order valence-corrected chi connectivity index (χ2v) is 11.7. The third kappa shape index (κ3) is 3.70. The molecule has 5 heteroatoms. The van der Waals surface area contributed by atoms with E-state index in [0.717, 1.165) is 39.1 Å². The highest BCUT2D eigenvalue weighted by atomic mass is 15.1. The molecule has 0 aliphatic heterocycles. The fraction of sp³-hybridized carbons (Fsp3) is 0.111. The Morgan fingerprint density at radius 2 is 0.976 bits per heavy atom. The first-order valence-corrected chi connectivity index (χ1v) is 13.9. The number of fused-ring (bicyclic) bond motifs is 2. The molecule has 0 aliphatic rings. The third-order valence-electron chi connectivity index (χ3n) is 8.11. The molecule has 0 bridgehead atoms. The lowest BCUT2D eigenvalue weighted by atomic mass is 9.81. The van der Waals surface area contributed by atoms with Crippen LogP contribution >= 0.6 is 0 Å². The molecule has 0 N–H and O–H groups in total. The van der Waals surface area contributed by atoms with Gasteiger partial charge >= 0.3 is 0 Å². The molecular weight excluding hydrogens is 502 g/mol. The van der Waals surface area contributed by atoms with Crippen LogP contribution in [0.3, 0.4) is 0 Å². The highest BCUT2D eigenvalue weighted by Crippen LogP contribution is 2.45. The Kier molecular flexibility index (Phi) is 5.01. The van der Waals surface area contributed by atoms with Gasteiger partial charge in [-0.2, -0.15) is 0 Å². The van der Waals surface area contributed by atoms with E-state index in [-0.39, 0.29) is 5.41 Å². The van der Waals surface area contributed by atoms with Crippen molar-refractivity contribution in [1.29, 1.82) is 0 Å². The van der Waals surface area contributed by atoms with Crippen LogP contribution in [0.4, 0.5) is 17.1 Å². The van der Waals surface area contributed by atoms with Crippen molar-refractivity contribution in [3.05, 3.63) is 115 Å². The van der Waals surface area contributed by atoms with Crippen LogP contribution in [0, 0.1) is 0 Å². The maximum Gasteiger partial charge on any atom is 0.0907 e. The van der Waals surface area contributed by atoms with Crippen molar-refractivity contribution in [2.24, 2.45) is 0 Å². The zero-order chi connectivity index (χ0) is 27.7. The Morgan fingerprint density at radius 3 is 1.56 bits per heavy atom. The molecule has 8 rings (SSSR count). The van der Waals surface area contributed by atoms with Crippen molar-refractivity contribution in [2.45, 2.75) is 26.2 Å². The summed E-state index contributed by atoms with van der Waals surface area (Å²) in [5.74, 6) is 0. The van der Waals surface area contributed by atoms with E-state index in [1.807, 2.05) is 12.1 Å². The van der Waals surface area contributed by atoms with Crippen molar-refractivity contribution in [3.63, 3.8) is 0 Å². The molecule has 41 heavy (non-hydrogen) atoms. The Balaban J connectivity index is 1.46. The molecular formula is C36H27N5. The van der Waals surface area contributed by atoms with Gasteiger partial charge < -0.3 is 4.90 Å². The molecule has 0 saturated heterocycles. The lowest BCUT2D eigenvalue weighted by molar-refractivity contribution is 0.596. The largest absolute Gasteiger partial charge is 0.310 e. The van der Waals surface area contributed by atoms with E-state index in [0.29, 0.717) is 0 Å².